The number of carbonyl (C=O) groups excluding carboxylic acids is 3. The molecule has 3 amide bonds. The first-order chi connectivity index (χ1) is 13.8. The van der Waals surface area contributed by atoms with Gasteiger partial charge < -0.3 is 15.1 Å². The highest BCUT2D eigenvalue weighted by Crippen LogP contribution is 2.28. The van der Waals surface area contributed by atoms with Crippen molar-refractivity contribution in [1.82, 2.24) is 4.90 Å². The molecule has 0 radical (unpaired) electrons. The Kier molecular flexibility index (Phi) is 6.01. The van der Waals surface area contributed by atoms with Gasteiger partial charge in [-0.3, -0.25) is 14.4 Å². The molecule has 2 aromatic rings. The van der Waals surface area contributed by atoms with Crippen LogP contribution >= 0.6 is 0 Å². The summed E-state index contributed by atoms with van der Waals surface area (Å²) < 4.78 is 0. The largest absolute Gasteiger partial charge is 0.345 e. The van der Waals surface area contributed by atoms with E-state index in [1.807, 2.05) is 24.3 Å². The van der Waals surface area contributed by atoms with Gasteiger partial charge in [0.15, 0.2) is 0 Å². The zero-order valence-electron chi connectivity index (χ0n) is 17.3. The summed E-state index contributed by atoms with van der Waals surface area (Å²) in [5.41, 5.74) is 3.16. The molecule has 0 aliphatic carbocycles. The molecule has 1 saturated heterocycles. The van der Waals surface area contributed by atoms with Gasteiger partial charge in [0.2, 0.25) is 11.8 Å². The Balaban J connectivity index is 1.66. The highest BCUT2D eigenvalue weighted by Gasteiger charge is 2.35. The van der Waals surface area contributed by atoms with Crippen LogP contribution in [0, 0.1) is 5.92 Å². The molecule has 1 unspecified atom stereocenters. The normalized spacial score (nSPS) is 16.2. The monoisotopic (exact) mass is 393 g/mol. The Morgan fingerprint density at radius 2 is 1.79 bits per heavy atom. The van der Waals surface area contributed by atoms with Gasteiger partial charge in [-0.05, 0) is 47.9 Å². The van der Waals surface area contributed by atoms with Crippen molar-refractivity contribution >= 4 is 29.1 Å². The maximum atomic E-state index is 12.7. The van der Waals surface area contributed by atoms with Gasteiger partial charge in [-0.2, -0.15) is 0 Å². The van der Waals surface area contributed by atoms with Crippen molar-refractivity contribution in [3.8, 4) is 0 Å². The van der Waals surface area contributed by atoms with E-state index in [9.17, 15) is 14.4 Å². The molecule has 1 fully saturated rings. The first-order valence-electron chi connectivity index (χ1n) is 9.79. The second kappa shape index (κ2) is 8.47. The zero-order chi connectivity index (χ0) is 21.1. The smallest absolute Gasteiger partial charge is 0.253 e. The van der Waals surface area contributed by atoms with Gasteiger partial charge in [-0.25, -0.2) is 0 Å². The minimum Gasteiger partial charge on any atom is -0.345 e. The van der Waals surface area contributed by atoms with Gasteiger partial charge in [-0.1, -0.05) is 26.0 Å². The van der Waals surface area contributed by atoms with Crippen molar-refractivity contribution in [2.45, 2.75) is 26.2 Å². The molecule has 1 heterocycles. The Morgan fingerprint density at radius 3 is 2.41 bits per heavy atom. The minimum atomic E-state index is -0.409. The summed E-state index contributed by atoms with van der Waals surface area (Å²) >= 11 is 0. The van der Waals surface area contributed by atoms with Gasteiger partial charge >= 0.3 is 0 Å². The number of nitrogens with one attached hydrogen (secondary N) is 1. The number of amides is 3. The van der Waals surface area contributed by atoms with E-state index in [0.717, 1.165) is 11.3 Å². The number of anilines is 2. The summed E-state index contributed by atoms with van der Waals surface area (Å²) in [6.07, 6.45) is 0.189. The third-order valence-electron chi connectivity index (χ3n) is 5.15. The fraction of sp³-hybridized carbons (Fsp3) is 0.348. The molecule has 3 rings (SSSR count). The summed E-state index contributed by atoms with van der Waals surface area (Å²) in [7, 11) is 3.38. The molecular formula is C23H27N3O3. The van der Waals surface area contributed by atoms with Crippen LogP contribution in [0.5, 0.6) is 0 Å². The van der Waals surface area contributed by atoms with Gasteiger partial charge in [0.05, 0.1) is 5.92 Å². The van der Waals surface area contributed by atoms with Crippen LogP contribution in [0.4, 0.5) is 11.4 Å². The van der Waals surface area contributed by atoms with Crippen LogP contribution in [0.25, 0.3) is 0 Å². The average Bonchev–Trinajstić information content (AvgIpc) is 3.10. The van der Waals surface area contributed by atoms with Gasteiger partial charge in [0.25, 0.3) is 5.91 Å². The zero-order valence-corrected chi connectivity index (χ0v) is 17.3. The lowest BCUT2D eigenvalue weighted by Gasteiger charge is -2.18. The van der Waals surface area contributed by atoms with Crippen LogP contribution in [0.2, 0.25) is 0 Å². The van der Waals surface area contributed by atoms with E-state index in [2.05, 4.69) is 19.2 Å². The van der Waals surface area contributed by atoms with Gasteiger partial charge in [0.1, 0.15) is 0 Å². The van der Waals surface area contributed by atoms with Gasteiger partial charge in [0, 0.05) is 44.0 Å². The predicted molar refractivity (Wildman–Crippen MR) is 114 cm³/mol. The lowest BCUT2D eigenvalue weighted by molar-refractivity contribution is -0.122. The number of hydrogen-bond acceptors (Lipinski definition) is 3. The summed E-state index contributed by atoms with van der Waals surface area (Å²) in [4.78, 5) is 40.3. The standard InChI is InChI=1S/C23H27N3O3/c1-15(2)17-6-5-7-20(12-17)26-14-18(13-21(26)27)22(28)24-19-10-8-16(9-11-19)23(29)25(3)4/h5-12,15,18H,13-14H2,1-4H3,(H,24,28). The van der Waals surface area contributed by atoms with E-state index in [-0.39, 0.29) is 24.1 Å². The maximum Gasteiger partial charge on any atom is 0.253 e. The van der Waals surface area contributed by atoms with Crippen molar-refractivity contribution in [1.29, 1.82) is 0 Å². The van der Waals surface area contributed by atoms with E-state index in [1.54, 1.807) is 43.3 Å². The molecule has 29 heavy (non-hydrogen) atoms. The molecule has 0 spiro atoms. The number of rotatable bonds is 5. The molecule has 0 bridgehead atoms. The molecule has 6 heteroatoms. The van der Waals surface area contributed by atoms with Crippen LogP contribution in [-0.4, -0.2) is 43.3 Å². The lowest BCUT2D eigenvalue weighted by Crippen LogP contribution is -2.28. The molecule has 6 nitrogen and oxygen atoms in total. The molecule has 1 N–H and O–H groups in total. The first kappa shape index (κ1) is 20.6. The maximum absolute atomic E-state index is 12.7. The number of benzene rings is 2. The highest BCUT2D eigenvalue weighted by molar-refractivity contribution is 6.03. The van der Waals surface area contributed by atoms with E-state index in [0.29, 0.717) is 23.7 Å². The average molecular weight is 393 g/mol. The molecule has 152 valence electrons. The Morgan fingerprint density at radius 1 is 1.10 bits per heavy atom. The molecule has 1 aliphatic heterocycles. The molecular weight excluding hydrogens is 366 g/mol. The van der Waals surface area contributed by atoms with E-state index in [4.69, 9.17) is 0 Å². The molecule has 1 atom stereocenters. The van der Waals surface area contributed by atoms with Crippen LogP contribution in [0.1, 0.15) is 42.1 Å². The third kappa shape index (κ3) is 4.65. The topological polar surface area (TPSA) is 69.7 Å². The number of hydrogen-bond donors (Lipinski definition) is 1. The third-order valence-corrected chi connectivity index (χ3v) is 5.15. The molecule has 0 aromatic heterocycles. The molecule has 0 saturated carbocycles. The van der Waals surface area contributed by atoms with Crippen LogP contribution < -0.4 is 10.2 Å². The second-order valence-electron chi connectivity index (χ2n) is 7.92. The summed E-state index contributed by atoms with van der Waals surface area (Å²) in [6, 6.07) is 14.7. The van der Waals surface area contributed by atoms with Crippen molar-refractivity contribution in [3.63, 3.8) is 0 Å². The summed E-state index contributed by atoms with van der Waals surface area (Å²) in [6.45, 7) is 4.58. The minimum absolute atomic E-state index is 0.0435. The quantitative estimate of drug-likeness (QED) is 0.845. The Labute approximate surface area is 171 Å². The second-order valence-corrected chi connectivity index (χ2v) is 7.92. The van der Waals surface area contributed by atoms with E-state index >= 15 is 0 Å². The van der Waals surface area contributed by atoms with E-state index in [1.165, 1.54) is 4.90 Å². The number of carbonyl (C=O) groups is 3. The summed E-state index contributed by atoms with van der Waals surface area (Å²) in [5, 5.41) is 2.86. The number of nitrogens with zero attached hydrogens (tertiary/aromatic N) is 2. The molecule has 2 aromatic carbocycles. The Bertz CT molecular complexity index is 919. The van der Waals surface area contributed by atoms with Gasteiger partial charge in [-0.15, -0.1) is 0 Å². The van der Waals surface area contributed by atoms with Crippen LogP contribution in [-0.2, 0) is 9.59 Å². The Hall–Kier alpha value is -3.15. The predicted octanol–water partition coefficient (Wildman–Crippen LogP) is 3.50. The van der Waals surface area contributed by atoms with E-state index < -0.39 is 5.92 Å². The molecule has 1 aliphatic rings. The SMILES string of the molecule is CC(C)c1cccc(N2CC(C(=O)Nc3ccc(C(=O)N(C)C)cc3)CC2=O)c1. The van der Waals surface area contributed by atoms with Crippen LogP contribution in [0.15, 0.2) is 48.5 Å². The van der Waals surface area contributed by atoms with Crippen molar-refractivity contribution < 1.29 is 14.4 Å². The fourth-order valence-electron chi connectivity index (χ4n) is 3.38. The summed E-state index contributed by atoms with van der Waals surface area (Å²) in [5.74, 6) is -0.364. The van der Waals surface area contributed by atoms with Crippen molar-refractivity contribution in [3.05, 3.63) is 59.7 Å². The first-order valence-corrected chi connectivity index (χ1v) is 9.79. The van der Waals surface area contributed by atoms with Crippen molar-refractivity contribution in [2.24, 2.45) is 5.92 Å². The highest BCUT2D eigenvalue weighted by atomic mass is 16.2. The van der Waals surface area contributed by atoms with Crippen LogP contribution in [0.3, 0.4) is 0 Å². The fourth-order valence-corrected chi connectivity index (χ4v) is 3.38. The lowest BCUT2D eigenvalue weighted by atomic mass is 10.0. The van der Waals surface area contributed by atoms with Crippen molar-refractivity contribution in [2.75, 3.05) is 30.9 Å².